The van der Waals surface area contributed by atoms with Gasteiger partial charge in [-0.3, -0.25) is 0 Å². The van der Waals surface area contributed by atoms with Crippen LogP contribution in [-0.2, 0) is 28.4 Å². The van der Waals surface area contributed by atoms with Gasteiger partial charge in [0.05, 0.1) is 13.2 Å². The van der Waals surface area contributed by atoms with Crippen molar-refractivity contribution in [1.82, 2.24) is 0 Å². The predicted molar refractivity (Wildman–Crippen MR) is 125 cm³/mol. The first kappa shape index (κ1) is 30.2. The lowest BCUT2D eigenvalue weighted by molar-refractivity contribution is -0.117. The molecule has 0 aromatic heterocycles. The summed E-state index contributed by atoms with van der Waals surface area (Å²) in [6.07, 6.45) is 18.0. The van der Waals surface area contributed by atoms with Crippen molar-refractivity contribution >= 4 is 22.0 Å². The Morgan fingerprint density at radius 3 is 1.03 bits per heavy atom. The second-order valence-corrected chi connectivity index (χ2v) is 9.90. The highest BCUT2D eigenvalue weighted by atomic mass is 32.3. The summed E-state index contributed by atoms with van der Waals surface area (Å²) in [4.78, 5) is 21.7. The molecule has 0 saturated heterocycles. The Kier molecular flexibility index (Phi) is 20.5. The van der Waals surface area contributed by atoms with Crippen LogP contribution in [0.15, 0.2) is 0 Å². The summed E-state index contributed by atoms with van der Waals surface area (Å²) in [5.41, 5.74) is 0. The molecule has 0 fully saturated rings. The normalized spacial score (nSPS) is 11.7. The number of carbonyl (C=O) groups is 2. The van der Waals surface area contributed by atoms with Crippen molar-refractivity contribution in [3.63, 3.8) is 0 Å². The zero-order valence-corrected chi connectivity index (χ0v) is 20.8. The van der Waals surface area contributed by atoms with Crippen molar-refractivity contribution in [2.45, 2.75) is 129 Å². The average molecular weight is 463 g/mol. The summed E-state index contributed by atoms with van der Waals surface area (Å²) in [5, 5.41) is 0. The summed E-state index contributed by atoms with van der Waals surface area (Å²) in [5.74, 6) is 0.534. The van der Waals surface area contributed by atoms with E-state index < -0.39 is 10.4 Å². The highest BCUT2D eigenvalue weighted by Gasteiger charge is 2.11. The molecule has 0 aliphatic rings. The molecule has 0 aromatic rings. The maximum Gasteiger partial charge on any atom is 0.399 e. The Balaban J connectivity index is 3.36. The zero-order valence-electron chi connectivity index (χ0n) is 20.0. The van der Waals surface area contributed by atoms with E-state index in [-0.39, 0.29) is 24.8 Å². The smallest absolute Gasteiger partial charge is 0.300 e. The topological polar surface area (TPSA) is 86.7 Å². The Morgan fingerprint density at radius 2 is 0.742 bits per heavy atom. The van der Waals surface area contributed by atoms with E-state index in [0.717, 1.165) is 89.9 Å². The van der Waals surface area contributed by atoms with Crippen LogP contribution >= 0.6 is 0 Å². The monoisotopic (exact) mass is 462 g/mol. The van der Waals surface area contributed by atoms with Gasteiger partial charge in [0.2, 0.25) is 0 Å². The first-order valence-electron chi connectivity index (χ1n) is 12.4. The van der Waals surface area contributed by atoms with Crippen LogP contribution < -0.4 is 0 Å². The lowest BCUT2D eigenvalue weighted by Crippen LogP contribution is -2.12. The van der Waals surface area contributed by atoms with Crippen LogP contribution in [0, 0.1) is 0 Å². The molecule has 0 rings (SSSR count). The van der Waals surface area contributed by atoms with E-state index in [0.29, 0.717) is 12.8 Å². The minimum absolute atomic E-state index is 0.185. The third kappa shape index (κ3) is 25.3. The molecule has 184 valence electrons. The van der Waals surface area contributed by atoms with Crippen LogP contribution in [0.25, 0.3) is 0 Å². The van der Waals surface area contributed by atoms with Gasteiger partial charge in [0.15, 0.2) is 0 Å². The van der Waals surface area contributed by atoms with Gasteiger partial charge in [0.25, 0.3) is 0 Å². The summed E-state index contributed by atoms with van der Waals surface area (Å²) >= 11 is 0. The molecule has 0 bridgehead atoms. The fraction of sp³-hybridized carbons (Fsp3) is 0.917. The fourth-order valence-electron chi connectivity index (χ4n) is 3.43. The van der Waals surface area contributed by atoms with Gasteiger partial charge in [-0.25, -0.2) is 8.37 Å². The van der Waals surface area contributed by atoms with Gasteiger partial charge in [-0.2, -0.15) is 8.42 Å². The van der Waals surface area contributed by atoms with Gasteiger partial charge in [-0.1, -0.05) is 77.0 Å². The molecule has 0 atom stereocenters. The number of hydrogen-bond acceptors (Lipinski definition) is 6. The standard InChI is InChI=1S/C24H46O6S/c1-23(25)19-15-11-7-3-5-9-13-17-21-29-31(27,28)30-22-18-14-10-6-4-8-12-16-20-24(2)26/h3-22H2,1-2H3. The molecule has 0 unspecified atom stereocenters. The van der Waals surface area contributed by atoms with Crippen molar-refractivity contribution in [1.29, 1.82) is 0 Å². The Labute approximate surface area is 191 Å². The SMILES string of the molecule is CC(=O)CCCCCCCCCCOS(=O)(=O)OCCCCCCCCCCC(C)=O. The largest absolute Gasteiger partial charge is 0.399 e. The lowest BCUT2D eigenvalue weighted by atomic mass is 10.1. The quantitative estimate of drug-likeness (QED) is 0.153. The van der Waals surface area contributed by atoms with Gasteiger partial charge < -0.3 is 9.59 Å². The second-order valence-electron chi connectivity index (χ2n) is 8.61. The first-order valence-corrected chi connectivity index (χ1v) is 13.7. The molecule has 0 aromatic carbocycles. The van der Waals surface area contributed by atoms with E-state index >= 15 is 0 Å². The van der Waals surface area contributed by atoms with Crippen LogP contribution in [0.4, 0.5) is 0 Å². The Morgan fingerprint density at radius 1 is 0.484 bits per heavy atom. The number of Topliss-reactive ketones (excluding diaryl/α,β-unsaturated/α-hetero) is 2. The molecular formula is C24H46O6S. The number of hydrogen-bond donors (Lipinski definition) is 0. The van der Waals surface area contributed by atoms with E-state index in [1.165, 1.54) is 12.8 Å². The fourth-order valence-corrected chi connectivity index (χ4v) is 4.14. The van der Waals surface area contributed by atoms with Crippen molar-refractivity contribution in [3.8, 4) is 0 Å². The number of ketones is 2. The van der Waals surface area contributed by atoms with Crippen molar-refractivity contribution in [3.05, 3.63) is 0 Å². The summed E-state index contributed by atoms with van der Waals surface area (Å²) in [7, 11) is -3.87. The molecule has 0 N–H and O–H groups in total. The lowest BCUT2D eigenvalue weighted by Gasteiger charge is -2.06. The highest BCUT2D eigenvalue weighted by Crippen LogP contribution is 2.12. The minimum Gasteiger partial charge on any atom is -0.300 e. The maximum absolute atomic E-state index is 11.7. The van der Waals surface area contributed by atoms with Crippen molar-refractivity contribution < 1.29 is 26.4 Å². The molecule has 6 nitrogen and oxygen atoms in total. The maximum atomic E-state index is 11.7. The van der Waals surface area contributed by atoms with Gasteiger partial charge in [0.1, 0.15) is 11.6 Å². The third-order valence-electron chi connectivity index (χ3n) is 5.30. The van der Waals surface area contributed by atoms with Crippen LogP contribution in [0.5, 0.6) is 0 Å². The molecule has 0 radical (unpaired) electrons. The average Bonchev–Trinajstić information content (AvgIpc) is 2.69. The minimum atomic E-state index is -3.87. The molecule has 0 saturated carbocycles. The van der Waals surface area contributed by atoms with Gasteiger partial charge >= 0.3 is 10.4 Å². The first-order chi connectivity index (χ1) is 14.8. The van der Waals surface area contributed by atoms with Gasteiger partial charge in [0, 0.05) is 12.8 Å². The Bertz CT molecular complexity index is 502. The second kappa shape index (κ2) is 21.1. The predicted octanol–water partition coefficient (Wildman–Crippen LogP) is 6.46. The molecule has 7 heteroatoms. The van der Waals surface area contributed by atoms with Crippen LogP contribution in [0.1, 0.15) is 129 Å². The number of carbonyl (C=O) groups excluding carboxylic acids is 2. The van der Waals surface area contributed by atoms with E-state index in [9.17, 15) is 18.0 Å². The summed E-state index contributed by atoms with van der Waals surface area (Å²) in [6.45, 7) is 3.64. The highest BCUT2D eigenvalue weighted by molar-refractivity contribution is 7.81. The van der Waals surface area contributed by atoms with Crippen molar-refractivity contribution in [2.24, 2.45) is 0 Å². The molecule has 0 spiro atoms. The molecule has 0 aliphatic heterocycles. The van der Waals surface area contributed by atoms with Crippen LogP contribution in [-0.4, -0.2) is 33.2 Å². The van der Waals surface area contributed by atoms with Crippen LogP contribution in [0.2, 0.25) is 0 Å². The molecule has 0 amide bonds. The Hall–Kier alpha value is -0.790. The van der Waals surface area contributed by atoms with E-state index in [1.807, 2.05) is 0 Å². The molecule has 0 heterocycles. The summed E-state index contributed by atoms with van der Waals surface area (Å²) in [6, 6.07) is 0. The third-order valence-corrected chi connectivity index (χ3v) is 6.21. The van der Waals surface area contributed by atoms with E-state index in [4.69, 9.17) is 8.37 Å². The zero-order chi connectivity index (χ0) is 23.2. The summed E-state index contributed by atoms with van der Waals surface area (Å²) < 4.78 is 33.2. The number of rotatable bonds is 24. The van der Waals surface area contributed by atoms with Gasteiger partial charge in [-0.05, 0) is 39.5 Å². The molecule has 0 aliphatic carbocycles. The van der Waals surface area contributed by atoms with Crippen LogP contribution in [0.3, 0.4) is 0 Å². The van der Waals surface area contributed by atoms with E-state index in [2.05, 4.69) is 0 Å². The van der Waals surface area contributed by atoms with Crippen molar-refractivity contribution in [2.75, 3.05) is 13.2 Å². The molecule has 31 heavy (non-hydrogen) atoms. The van der Waals surface area contributed by atoms with Gasteiger partial charge in [-0.15, -0.1) is 0 Å². The number of unbranched alkanes of at least 4 members (excludes halogenated alkanes) is 14. The van der Waals surface area contributed by atoms with E-state index in [1.54, 1.807) is 13.8 Å². The molecular weight excluding hydrogens is 416 g/mol.